The molecule has 4 nitrogen and oxygen atoms in total. The van der Waals surface area contributed by atoms with E-state index in [1.807, 2.05) is 0 Å². The Labute approximate surface area is 147 Å². The number of unbranched alkanes of at least 4 members (excludes halogenated alkanes) is 8. The summed E-state index contributed by atoms with van der Waals surface area (Å²) in [5, 5.41) is 17.0. The van der Waals surface area contributed by atoms with Gasteiger partial charge in [0, 0.05) is 11.1 Å². The van der Waals surface area contributed by atoms with Gasteiger partial charge in [-0.15, -0.1) is 0 Å². The molecule has 0 aromatic carbocycles. The molecule has 0 rings (SSSR count). The minimum Gasteiger partial charge on any atom is -0.478 e. The van der Waals surface area contributed by atoms with Crippen molar-refractivity contribution in [3.63, 3.8) is 0 Å². The molecule has 0 aromatic rings. The van der Waals surface area contributed by atoms with Crippen LogP contribution >= 0.6 is 0 Å². The summed E-state index contributed by atoms with van der Waals surface area (Å²) in [7, 11) is 0. The minimum absolute atomic E-state index is 0.334. The van der Waals surface area contributed by atoms with Crippen molar-refractivity contribution in [2.45, 2.75) is 90.9 Å². The summed E-state index contributed by atoms with van der Waals surface area (Å²) in [5.74, 6) is -1.71. The van der Waals surface area contributed by atoms with Gasteiger partial charge in [0.15, 0.2) is 0 Å². The summed E-state index contributed by atoms with van der Waals surface area (Å²) < 4.78 is 0. The molecule has 0 aliphatic carbocycles. The second kappa shape index (κ2) is 17.8. The third-order valence-corrected chi connectivity index (χ3v) is 3.77. The Morgan fingerprint density at radius 1 is 0.625 bits per heavy atom. The van der Waals surface area contributed by atoms with Gasteiger partial charge in [-0.2, -0.15) is 0 Å². The second-order valence-corrected chi connectivity index (χ2v) is 6.15. The lowest BCUT2D eigenvalue weighted by Crippen LogP contribution is -1.98. The van der Waals surface area contributed by atoms with Crippen LogP contribution in [0.1, 0.15) is 90.9 Å². The predicted molar refractivity (Wildman–Crippen MR) is 100 cm³/mol. The summed E-state index contributed by atoms with van der Waals surface area (Å²) in [5.41, 5.74) is 0.677. The van der Waals surface area contributed by atoms with Gasteiger partial charge < -0.3 is 10.2 Å². The van der Waals surface area contributed by atoms with E-state index in [1.54, 1.807) is 0 Å². The number of carbonyl (C=O) groups is 2. The van der Waals surface area contributed by atoms with Crippen LogP contribution in [-0.4, -0.2) is 22.2 Å². The highest BCUT2D eigenvalue weighted by atomic mass is 16.4. The first kappa shape index (κ1) is 24.7. The largest absolute Gasteiger partial charge is 0.478 e. The van der Waals surface area contributed by atoms with Crippen LogP contribution < -0.4 is 0 Å². The zero-order chi connectivity index (χ0) is 18.8. The Kier molecular flexibility index (Phi) is 18.3. The molecule has 0 unspecified atom stereocenters. The maximum Gasteiger partial charge on any atom is 0.330 e. The average molecular weight is 341 g/mol. The molecule has 0 bridgehead atoms. The van der Waals surface area contributed by atoms with E-state index in [-0.39, 0.29) is 0 Å². The summed E-state index contributed by atoms with van der Waals surface area (Å²) in [6.07, 6.45) is 12.9. The number of carboxylic acid groups (broad SMARTS) is 2. The van der Waals surface area contributed by atoms with E-state index in [0.29, 0.717) is 24.0 Å². The lowest BCUT2D eigenvalue weighted by Gasteiger charge is -2.00. The fourth-order valence-corrected chi connectivity index (χ4v) is 2.10. The van der Waals surface area contributed by atoms with Gasteiger partial charge in [0.25, 0.3) is 0 Å². The monoisotopic (exact) mass is 340 g/mol. The van der Waals surface area contributed by atoms with Crippen LogP contribution in [0, 0.1) is 0 Å². The Balaban J connectivity index is 0. The van der Waals surface area contributed by atoms with E-state index in [4.69, 9.17) is 10.2 Å². The molecule has 0 aliphatic rings. The summed E-state index contributed by atoms with van der Waals surface area (Å²) in [6.45, 7) is 11.3. The number of carboxylic acids is 2. The lowest BCUT2D eigenvalue weighted by atomic mass is 10.1. The first-order chi connectivity index (χ1) is 11.4. The molecular formula is C20H36O4. The SMILES string of the molecule is C=C(CCCCCC)C(=O)O.C=C(CCCCCCCC)C(=O)O. The predicted octanol–water partition coefficient (Wildman–Crippen LogP) is 5.98. The fourth-order valence-electron chi connectivity index (χ4n) is 2.10. The quantitative estimate of drug-likeness (QED) is 0.301. The maximum atomic E-state index is 10.4. The van der Waals surface area contributed by atoms with Crippen molar-refractivity contribution < 1.29 is 19.8 Å². The summed E-state index contributed by atoms with van der Waals surface area (Å²) in [4.78, 5) is 20.6. The van der Waals surface area contributed by atoms with Crippen molar-refractivity contribution in [2.24, 2.45) is 0 Å². The minimum atomic E-state index is -0.860. The molecule has 24 heavy (non-hydrogen) atoms. The lowest BCUT2D eigenvalue weighted by molar-refractivity contribution is -0.133. The van der Waals surface area contributed by atoms with Crippen LogP contribution in [0.3, 0.4) is 0 Å². The Hall–Kier alpha value is -1.58. The second-order valence-electron chi connectivity index (χ2n) is 6.15. The molecule has 0 aliphatic heterocycles. The molecule has 140 valence electrons. The van der Waals surface area contributed by atoms with Crippen LogP contribution in [0.15, 0.2) is 24.3 Å². The van der Waals surface area contributed by atoms with Gasteiger partial charge in [0.05, 0.1) is 0 Å². The molecule has 0 fully saturated rings. The van der Waals surface area contributed by atoms with Gasteiger partial charge in [-0.05, 0) is 25.7 Å². The van der Waals surface area contributed by atoms with Crippen molar-refractivity contribution in [2.75, 3.05) is 0 Å². The van der Waals surface area contributed by atoms with Gasteiger partial charge >= 0.3 is 11.9 Å². The molecule has 0 saturated heterocycles. The number of hydrogen-bond donors (Lipinski definition) is 2. The van der Waals surface area contributed by atoms with E-state index < -0.39 is 11.9 Å². The third-order valence-electron chi connectivity index (χ3n) is 3.77. The first-order valence-electron chi connectivity index (χ1n) is 9.18. The maximum absolute atomic E-state index is 10.4. The van der Waals surface area contributed by atoms with E-state index in [9.17, 15) is 9.59 Å². The van der Waals surface area contributed by atoms with Crippen LogP contribution in [0.2, 0.25) is 0 Å². The smallest absolute Gasteiger partial charge is 0.330 e. The molecule has 0 atom stereocenters. The highest BCUT2D eigenvalue weighted by Crippen LogP contribution is 2.10. The molecule has 0 aromatic heterocycles. The summed E-state index contributed by atoms with van der Waals surface area (Å²) >= 11 is 0. The molecule has 0 amide bonds. The van der Waals surface area contributed by atoms with Gasteiger partial charge in [0.2, 0.25) is 0 Å². The van der Waals surface area contributed by atoms with Crippen molar-refractivity contribution >= 4 is 11.9 Å². The molecule has 2 N–H and O–H groups in total. The van der Waals surface area contributed by atoms with Crippen LogP contribution in [0.25, 0.3) is 0 Å². The van der Waals surface area contributed by atoms with E-state index >= 15 is 0 Å². The number of aliphatic carboxylic acids is 2. The normalized spacial score (nSPS) is 9.75. The number of rotatable bonds is 14. The highest BCUT2D eigenvalue weighted by molar-refractivity contribution is 5.85. The Bertz CT molecular complexity index is 372. The van der Waals surface area contributed by atoms with E-state index in [1.165, 1.54) is 38.5 Å². The highest BCUT2D eigenvalue weighted by Gasteiger charge is 2.02. The van der Waals surface area contributed by atoms with Gasteiger partial charge in [-0.1, -0.05) is 78.4 Å². The van der Waals surface area contributed by atoms with Crippen LogP contribution in [-0.2, 0) is 9.59 Å². The molecular weight excluding hydrogens is 304 g/mol. The van der Waals surface area contributed by atoms with Crippen molar-refractivity contribution in [1.82, 2.24) is 0 Å². The van der Waals surface area contributed by atoms with Gasteiger partial charge in [-0.25, -0.2) is 9.59 Å². The third kappa shape index (κ3) is 18.5. The molecule has 0 radical (unpaired) electrons. The van der Waals surface area contributed by atoms with E-state index in [2.05, 4.69) is 27.0 Å². The van der Waals surface area contributed by atoms with Crippen molar-refractivity contribution in [3.8, 4) is 0 Å². The first-order valence-corrected chi connectivity index (χ1v) is 9.18. The van der Waals surface area contributed by atoms with Gasteiger partial charge in [-0.3, -0.25) is 0 Å². The van der Waals surface area contributed by atoms with Crippen molar-refractivity contribution in [3.05, 3.63) is 24.3 Å². The molecule has 4 heteroatoms. The number of hydrogen-bond acceptors (Lipinski definition) is 2. The standard InChI is InChI=1S/C11H20O2.C9H16O2/c1-3-4-5-6-7-8-9-10(2)11(12)13;1-3-4-5-6-7-8(2)9(10)11/h2-9H2,1H3,(H,12,13);2-7H2,1H3,(H,10,11). The molecule has 0 heterocycles. The zero-order valence-corrected chi connectivity index (χ0v) is 15.6. The van der Waals surface area contributed by atoms with Crippen LogP contribution in [0.4, 0.5) is 0 Å². The topological polar surface area (TPSA) is 74.6 Å². The summed E-state index contributed by atoms with van der Waals surface area (Å²) in [6, 6.07) is 0. The Morgan fingerprint density at radius 3 is 1.25 bits per heavy atom. The van der Waals surface area contributed by atoms with E-state index in [0.717, 1.165) is 25.7 Å². The van der Waals surface area contributed by atoms with Gasteiger partial charge in [0.1, 0.15) is 0 Å². The van der Waals surface area contributed by atoms with Crippen molar-refractivity contribution in [1.29, 1.82) is 0 Å². The zero-order valence-electron chi connectivity index (χ0n) is 15.6. The van der Waals surface area contributed by atoms with Crippen LogP contribution in [0.5, 0.6) is 0 Å². The average Bonchev–Trinajstić information content (AvgIpc) is 2.54. The fraction of sp³-hybridized carbons (Fsp3) is 0.700. The Morgan fingerprint density at radius 2 is 0.917 bits per heavy atom. The molecule has 0 saturated carbocycles. The molecule has 0 spiro atoms.